The van der Waals surface area contributed by atoms with Gasteiger partial charge in [-0.25, -0.2) is 0 Å². The zero-order chi connectivity index (χ0) is 13.7. The van der Waals surface area contributed by atoms with Crippen molar-refractivity contribution >= 4 is 22.9 Å². The van der Waals surface area contributed by atoms with Gasteiger partial charge in [0.2, 0.25) is 0 Å². The molecular weight excluding hydrogens is 278 g/mol. The largest absolute Gasteiger partial charge is 0.467 e. The maximum Gasteiger partial charge on any atom is 0.126 e. The average molecular weight is 298 g/mol. The summed E-state index contributed by atoms with van der Waals surface area (Å²) in [6.45, 7) is 5.47. The molecular formula is C15H20ClNOS. The minimum absolute atomic E-state index is 0.105. The Morgan fingerprint density at radius 1 is 1.26 bits per heavy atom. The number of nitrogens with one attached hydrogen (secondary N) is 1. The number of hydrogen-bond acceptors (Lipinski definition) is 3. The molecule has 0 aliphatic heterocycles. The summed E-state index contributed by atoms with van der Waals surface area (Å²) in [4.78, 5) is 1.20. The summed E-state index contributed by atoms with van der Waals surface area (Å²) >= 11 is 7.65. The highest BCUT2D eigenvalue weighted by molar-refractivity contribution is 7.16. The normalized spacial score (nSPS) is 13.1. The van der Waals surface area contributed by atoms with E-state index in [4.69, 9.17) is 16.0 Å². The Kier molecular flexibility index (Phi) is 5.49. The highest BCUT2D eigenvalue weighted by atomic mass is 35.5. The fourth-order valence-electron chi connectivity index (χ4n) is 2.14. The summed E-state index contributed by atoms with van der Waals surface area (Å²) in [5.41, 5.74) is 0. The van der Waals surface area contributed by atoms with Crippen molar-refractivity contribution in [3.8, 4) is 0 Å². The van der Waals surface area contributed by atoms with E-state index >= 15 is 0 Å². The van der Waals surface area contributed by atoms with Crippen molar-refractivity contribution in [2.24, 2.45) is 5.92 Å². The second-order valence-electron chi connectivity index (χ2n) is 4.68. The van der Waals surface area contributed by atoms with Gasteiger partial charge in [0.15, 0.2) is 0 Å². The summed E-state index contributed by atoms with van der Waals surface area (Å²) in [6.07, 6.45) is 4.11. The third-order valence-electron chi connectivity index (χ3n) is 3.47. The first kappa shape index (κ1) is 14.6. The molecule has 0 aliphatic rings. The van der Waals surface area contributed by atoms with Crippen molar-refractivity contribution in [3.63, 3.8) is 0 Å². The fourth-order valence-corrected chi connectivity index (χ4v) is 3.29. The molecule has 0 aromatic carbocycles. The first-order chi connectivity index (χ1) is 9.24. The Morgan fingerprint density at radius 3 is 2.58 bits per heavy atom. The standard InChI is InChI=1S/C15H20ClNOS/c1-3-11(4-2)10-17-15(12-6-5-9-18-12)13-7-8-14(16)19-13/h5-9,11,15,17H,3-4,10H2,1-2H3. The number of hydrogen-bond donors (Lipinski definition) is 1. The highest BCUT2D eigenvalue weighted by Gasteiger charge is 2.19. The van der Waals surface area contributed by atoms with Crippen molar-refractivity contribution in [1.82, 2.24) is 5.32 Å². The third-order valence-corrected chi connectivity index (χ3v) is 4.77. The molecule has 2 rings (SSSR count). The predicted octanol–water partition coefficient (Wildman–Crippen LogP) is 5.11. The summed E-state index contributed by atoms with van der Waals surface area (Å²) in [5.74, 6) is 1.65. The molecule has 0 amide bonds. The lowest BCUT2D eigenvalue weighted by atomic mass is 10.0. The van der Waals surface area contributed by atoms with Gasteiger partial charge in [-0.1, -0.05) is 38.3 Å². The van der Waals surface area contributed by atoms with Gasteiger partial charge in [-0.05, 0) is 36.7 Å². The van der Waals surface area contributed by atoms with Gasteiger partial charge in [-0.2, -0.15) is 0 Å². The minimum Gasteiger partial charge on any atom is -0.467 e. The summed E-state index contributed by atoms with van der Waals surface area (Å²) < 4.78 is 6.38. The molecule has 2 nitrogen and oxygen atoms in total. The average Bonchev–Trinajstić information content (AvgIpc) is 3.07. The van der Waals surface area contributed by atoms with Crippen LogP contribution in [0.3, 0.4) is 0 Å². The van der Waals surface area contributed by atoms with E-state index in [1.807, 2.05) is 18.2 Å². The molecule has 0 saturated carbocycles. The van der Waals surface area contributed by atoms with E-state index in [1.54, 1.807) is 17.6 Å². The number of furan rings is 1. The van der Waals surface area contributed by atoms with Crippen LogP contribution in [0.5, 0.6) is 0 Å². The van der Waals surface area contributed by atoms with Crippen molar-refractivity contribution in [2.75, 3.05) is 6.54 Å². The highest BCUT2D eigenvalue weighted by Crippen LogP contribution is 2.31. The zero-order valence-electron chi connectivity index (χ0n) is 11.4. The van der Waals surface area contributed by atoms with Gasteiger partial charge in [0.05, 0.1) is 10.6 Å². The quantitative estimate of drug-likeness (QED) is 0.768. The summed E-state index contributed by atoms with van der Waals surface area (Å²) in [7, 11) is 0. The van der Waals surface area contributed by atoms with E-state index in [2.05, 4.69) is 25.2 Å². The molecule has 0 fully saturated rings. The first-order valence-corrected chi connectivity index (χ1v) is 7.96. The number of rotatable bonds is 7. The molecule has 1 N–H and O–H groups in total. The lowest BCUT2D eigenvalue weighted by molar-refractivity contribution is 0.396. The van der Waals surface area contributed by atoms with Gasteiger partial charge in [0.1, 0.15) is 11.8 Å². The van der Waals surface area contributed by atoms with Gasteiger partial charge in [-0.3, -0.25) is 0 Å². The fraction of sp³-hybridized carbons (Fsp3) is 0.467. The second-order valence-corrected chi connectivity index (χ2v) is 6.43. The van der Waals surface area contributed by atoms with Crippen molar-refractivity contribution in [3.05, 3.63) is 45.5 Å². The van der Waals surface area contributed by atoms with Crippen LogP contribution in [0.2, 0.25) is 4.34 Å². The second kappa shape index (κ2) is 7.13. The van der Waals surface area contributed by atoms with Gasteiger partial charge < -0.3 is 9.73 Å². The number of thiophene rings is 1. The molecule has 1 unspecified atom stereocenters. The van der Waals surface area contributed by atoms with Crippen LogP contribution in [0.15, 0.2) is 34.9 Å². The van der Waals surface area contributed by atoms with E-state index in [1.165, 1.54) is 17.7 Å². The Bertz CT molecular complexity index is 476. The van der Waals surface area contributed by atoms with Gasteiger partial charge >= 0.3 is 0 Å². The Labute approximate surface area is 123 Å². The van der Waals surface area contributed by atoms with Crippen molar-refractivity contribution in [2.45, 2.75) is 32.7 Å². The van der Waals surface area contributed by atoms with E-state index in [-0.39, 0.29) is 6.04 Å². The van der Waals surface area contributed by atoms with Crippen molar-refractivity contribution in [1.29, 1.82) is 0 Å². The van der Waals surface area contributed by atoms with Gasteiger partial charge in [-0.15, -0.1) is 11.3 Å². The van der Waals surface area contributed by atoms with E-state index in [0.717, 1.165) is 16.6 Å². The van der Waals surface area contributed by atoms with Crippen molar-refractivity contribution < 1.29 is 4.42 Å². The molecule has 0 bridgehead atoms. The topological polar surface area (TPSA) is 25.2 Å². The maximum atomic E-state index is 6.04. The molecule has 0 saturated heterocycles. The molecule has 2 heterocycles. The van der Waals surface area contributed by atoms with Crippen LogP contribution >= 0.6 is 22.9 Å². The van der Waals surface area contributed by atoms with Crippen LogP contribution in [0.4, 0.5) is 0 Å². The summed E-state index contributed by atoms with van der Waals surface area (Å²) in [5, 5.41) is 3.61. The van der Waals surface area contributed by atoms with Crippen LogP contribution in [-0.2, 0) is 0 Å². The molecule has 0 spiro atoms. The van der Waals surface area contributed by atoms with Gasteiger partial charge in [0, 0.05) is 4.88 Å². The monoisotopic (exact) mass is 297 g/mol. The van der Waals surface area contributed by atoms with E-state index in [9.17, 15) is 0 Å². The minimum atomic E-state index is 0.105. The molecule has 4 heteroatoms. The van der Waals surface area contributed by atoms with Crippen LogP contribution < -0.4 is 5.32 Å². The lowest BCUT2D eigenvalue weighted by Crippen LogP contribution is -2.27. The molecule has 19 heavy (non-hydrogen) atoms. The van der Waals surface area contributed by atoms with Crippen LogP contribution in [0, 0.1) is 5.92 Å². The molecule has 2 aromatic rings. The summed E-state index contributed by atoms with van der Waals surface area (Å²) in [6, 6.07) is 8.05. The molecule has 0 aliphatic carbocycles. The lowest BCUT2D eigenvalue weighted by Gasteiger charge is -2.19. The van der Waals surface area contributed by atoms with E-state index < -0.39 is 0 Å². The molecule has 1 atom stereocenters. The van der Waals surface area contributed by atoms with E-state index in [0.29, 0.717) is 5.92 Å². The van der Waals surface area contributed by atoms with Crippen LogP contribution in [-0.4, -0.2) is 6.54 Å². The third kappa shape index (κ3) is 3.85. The van der Waals surface area contributed by atoms with Gasteiger partial charge in [0.25, 0.3) is 0 Å². The molecule has 2 aromatic heterocycles. The molecule has 104 valence electrons. The maximum absolute atomic E-state index is 6.04. The Hall–Kier alpha value is -0.770. The Balaban J connectivity index is 2.11. The SMILES string of the molecule is CCC(CC)CNC(c1ccco1)c1ccc(Cl)s1. The number of halogens is 1. The smallest absolute Gasteiger partial charge is 0.126 e. The molecule has 0 radical (unpaired) electrons. The zero-order valence-corrected chi connectivity index (χ0v) is 12.9. The Morgan fingerprint density at radius 2 is 2.05 bits per heavy atom. The first-order valence-electron chi connectivity index (χ1n) is 6.76. The van der Waals surface area contributed by atoms with Crippen LogP contribution in [0.1, 0.15) is 43.4 Å². The van der Waals surface area contributed by atoms with Crippen LogP contribution in [0.25, 0.3) is 0 Å². The predicted molar refractivity (Wildman–Crippen MR) is 82.0 cm³/mol.